The molecule has 1 aromatic heterocycles. The summed E-state index contributed by atoms with van der Waals surface area (Å²) in [5, 5.41) is 7.52. The van der Waals surface area contributed by atoms with Gasteiger partial charge in [-0.05, 0) is 25.8 Å². The van der Waals surface area contributed by atoms with Crippen molar-refractivity contribution in [3.8, 4) is 0 Å². The van der Waals surface area contributed by atoms with Crippen molar-refractivity contribution >= 4 is 0 Å². The molecule has 1 aliphatic heterocycles. The SMILES string of the molecule is CC1OCCC1(C)NCc1nc(Cc2ccccc2)no1. The molecule has 1 fully saturated rings. The summed E-state index contributed by atoms with van der Waals surface area (Å²) < 4.78 is 10.9. The molecule has 5 heteroatoms. The van der Waals surface area contributed by atoms with Crippen LogP contribution in [0.2, 0.25) is 0 Å². The van der Waals surface area contributed by atoms with Crippen LogP contribution in [0.15, 0.2) is 34.9 Å². The van der Waals surface area contributed by atoms with Crippen LogP contribution in [0.4, 0.5) is 0 Å². The standard InChI is InChI=1S/C16H21N3O2/c1-12-16(2,8-9-20-12)17-11-15-18-14(19-21-15)10-13-6-4-3-5-7-13/h3-7,12,17H,8-11H2,1-2H3. The number of hydrogen-bond donors (Lipinski definition) is 1. The highest BCUT2D eigenvalue weighted by atomic mass is 16.5. The second-order valence-corrected chi connectivity index (χ2v) is 5.80. The highest BCUT2D eigenvalue weighted by Crippen LogP contribution is 2.25. The van der Waals surface area contributed by atoms with Gasteiger partial charge in [-0.1, -0.05) is 35.5 Å². The summed E-state index contributed by atoms with van der Waals surface area (Å²) in [6, 6.07) is 10.2. The van der Waals surface area contributed by atoms with Crippen LogP contribution in [-0.4, -0.2) is 28.4 Å². The predicted molar refractivity (Wildman–Crippen MR) is 78.8 cm³/mol. The Labute approximate surface area is 124 Å². The molecule has 2 heterocycles. The quantitative estimate of drug-likeness (QED) is 0.914. The highest BCUT2D eigenvalue weighted by Gasteiger charge is 2.36. The van der Waals surface area contributed by atoms with Gasteiger partial charge in [0.1, 0.15) is 0 Å². The van der Waals surface area contributed by atoms with Crippen molar-refractivity contribution < 1.29 is 9.26 Å². The minimum Gasteiger partial charge on any atom is -0.377 e. The average molecular weight is 287 g/mol. The van der Waals surface area contributed by atoms with Crippen LogP contribution in [0.25, 0.3) is 0 Å². The van der Waals surface area contributed by atoms with E-state index in [0.29, 0.717) is 18.9 Å². The van der Waals surface area contributed by atoms with E-state index < -0.39 is 0 Å². The minimum atomic E-state index is -0.0198. The van der Waals surface area contributed by atoms with Crippen LogP contribution in [0.3, 0.4) is 0 Å². The van der Waals surface area contributed by atoms with Crippen LogP contribution in [0.5, 0.6) is 0 Å². The first kappa shape index (κ1) is 14.2. The molecule has 0 amide bonds. The van der Waals surface area contributed by atoms with Gasteiger partial charge in [0, 0.05) is 18.6 Å². The molecule has 0 bridgehead atoms. The molecule has 0 saturated carbocycles. The Bertz CT molecular complexity index is 584. The Morgan fingerprint density at radius 3 is 2.86 bits per heavy atom. The molecule has 0 aliphatic carbocycles. The number of ether oxygens (including phenoxy) is 1. The molecule has 0 radical (unpaired) electrons. The highest BCUT2D eigenvalue weighted by molar-refractivity contribution is 5.18. The molecular weight excluding hydrogens is 266 g/mol. The number of hydrogen-bond acceptors (Lipinski definition) is 5. The Hall–Kier alpha value is -1.72. The zero-order valence-electron chi connectivity index (χ0n) is 12.5. The van der Waals surface area contributed by atoms with Crippen LogP contribution in [0, 0.1) is 0 Å². The van der Waals surface area contributed by atoms with Crippen molar-refractivity contribution in [2.24, 2.45) is 0 Å². The van der Waals surface area contributed by atoms with E-state index in [9.17, 15) is 0 Å². The lowest BCUT2D eigenvalue weighted by atomic mass is 9.95. The van der Waals surface area contributed by atoms with Crippen LogP contribution >= 0.6 is 0 Å². The van der Waals surface area contributed by atoms with Gasteiger partial charge in [-0.2, -0.15) is 4.98 Å². The fraction of sp³-hybridized carbons (Fsp3) is 0.500. The van der Waals surface area contributed by atoms with Crippen molar-refractivity contribution in [1.29, 1.82) is 0 Å². The Kier molecular flexibility index (Phi) is 4.03. The van der Waals surface area contributed by atoms with Crippen LogP contribution in [-0.2, 0) is 17.7 Å². The molecule has 1 aliphatic rings. The van der Waals surface area contributed by atoms with E-state index in [-0.39, 0.29) is 11.6 Å². The van der Waals surface area contributed by atoms with Crippen molar-refractivity contribution in [2.45, 2.75) is 44.9 Å². The molecule has 2 unspecified atom stereocenters. The number of nitrogens with zero attached hydrogens (tertiary/aromatic N) is 2. The number of aromatic nitrogens is 2. The normalized spacial score (nSPS) is 25.3. The van der Waals surface area contributed by atoms with Gasteiger partial charge in [0.05, 0.1) is 12.6 Å². The lowest BCUT2D eigenvalue weighted by Crippen LogP contribution is -2.47. The molecule has 21 heavy (non-hydrogen) atoms. The summed E-state index contributed by atoms with van der Waals surface area (Å²) in [6.07, 6.45) is 1.89. The molecular formula is C16H21N3O2. The third-order valence-electron chi connectivity index (χ3n) is 4.25. The molecule has 3 rings (SSSR count). The maximum Gasteiger partial charge on any atom is 0.240 e. The summed E-state index contributed by atoms with van der Waals surface area (Å²) in [4.78, 5) is 4.44. The van der Waals surface area contributed by atoms with Crippen molar-refractivity contribution in [2.75, 3.05) is 6.61 Å². The van der Waals surface area contributed by atoms with Crippen molar-refractivity contribution in [1.82, 2.24) is 15.5 Å². The third-order valence-corrected chi connectivity index (χ3v) is 4.25. The summed E-state index contributed by atoms with van der Waals surface area (Å²) >= 11 is 0. The summed E-state index contributed by atoms with van der Waals surface area (Å²) in [5.41, 5.74) is 1.16. The topological polar surface area (TPSA) is 60.2 Å². The molecule has 1 saturated heterocycles. The predicted octanol–water partition coefficient (Wildman–Crippen LogP) is 2.32. The summed E-state index contributed by atoms with van der Waals surface area (Å²) in [7, 11) is 0. The third kappa shape index (κ3) is 3.31. The molecule has 2 atom stereocenters. The van der Waals surface area contributed by atoms with E-state index in [0.717, 1.165) is 18.9 Å². The molecule has 1 aromatic carbocycles. The molecule has 1 N–H and O–H groups in total. The maximum atomic E-state index is 5.61. The van der Waals surface area contributed by atoms with E-state index in [1.54, 1.807) is 0 Å². The number of nitrogens with one attached hydrogen (secondary N) is 1. The monoisotopic (exact) mass is 287 g/mol. The van der Waals surface area contributed by atoms with E-state index in [1.807, 2.05) is 18.2 Å². The van der Waals surface area contributed by atoms with Gasteiger partial charge in [0.25, 0.3) is 0 Å². The van der Waals surface area contributed by atoms with Gasteiger partial charge < -0.3 is 14.6 Å². The van der Waals surface area contributed by atoms with E-state index >= 15 is 0 Å². The summed E-state index contributed by atoms with van der Waals surface area (Å²) in [6.45, 7) is 5.64. The summed E-state index contributed by atoms with van der Waals surface area (Å²) in [5.74, 6) is 1.35. The zero-order valence-corrected chi connectivity index (χ0v) is 12.5. The molecule has 5 nitrogen and oxygen atoms in total. The maximum absolute atomic E-state index is 5.61. The largest absolute Gasteiger partial charge is 0.377 e. The molecule has 0 spiro atoms. The first-order valence-corrected chi connectivity index (χ1v) is 7.38. The Balaban J connectivity index is 1.58. The first-order chi connectivity index (χ1) is 10.2. The van der Waals surface area contributed by atoms with Gasteiger partial charge in [-0.25, -0.2) is 0 Å². The number of benzene rings is 1. The number of rotatable bonds is 5. The van der Waals surface area contributed by atoms with E-state index in [4.69, 9.17) is 9.26 Å². The Morgan fingerprint density at radius 1 is 1.33 bits per heavy atom. The van der Waals surface area contributed by atoms with Gasteiger partial charge in [0.2, 0.25) is 5.89 Å². The lowest BCUT2D eigenvalue weighted by molar-refractivity contribution is 0.0870. The zero-order chi connectivity index (χ0) is 14.7. The molecule has 2 aromatic rings. The van der Waals surface area contributed by atoms with Crippen molar-refractivity contribution in [3.63, 3.8) is 0 Å². The van der Waals surface area contributed by atoms with Crippen LogP contribution in [0.1, 0.15) is 37.5 Å². The lowest BCUT2D eigenvalue weighted by Gasteiger charge is -2.28. The second kappa shape index (κ2) is 5.95. The molecule has 112 valence electrons. The van der Waals surface area contributed by atoms with E-state index in [2.05, 4.69) is 41.4 Å². The van der Waals surface area contributed by atoms with E-state index in [1.165, 1.54) is 5.56 Å². The van der Waals surface area contributed by atoms with Crippen LogP contribution < -0.4 is 5.32 Å². The fourth-order valence-corrected chi connectivity index (χ4v) is 2.56. The first-order valence-electron chi connectivity index (χ1n) is 7.38. The van der Waals surface area contributed by atoms with Gasteiger partial charge >= 0.3 is 0 Å². The fourth-order valence-electron chi connectivity index (χ4n) is 2.56. The minimum absolute atomic E-state index is 0.0198. The smallest absolute Gasteiger partial charge is 0.240 e. The average Bonchev–Trinajstić information content (AvgIpc) is 3.06. The second-order valence-electron chi connectivity index (χ2n) is 5.80. The van der Waals surface area contributed by atoms with Gasteiger partial charge in [-0.15, -0.1) is 0 Å². The van der Waals surface area contributed by atoms with Gasteiger partial charge in [0.15, 0.2) is 5.82 Å². The van der Waals surface area contributed by atoms with Gasteiger partial charge in [-0.3, -0.25) is 0 Å². The Morgan fingerprint density at radius 2 is 2.14 bits per heavy atom. The van der Waals surface area contributed by atoms with Crippen molar-refractivity contribution in [3.05, 3.63) is 47.6 Å².